The highest BCUT2D eigenvalue weighted by Crippen LogP contribution is 2.33. The van der Waals surface area contributed by atoms with Crippen LogP contribution in [0.5, 0.6) is 0 Å². The van der Waals surface area contributed by atoms with E-state index in [0.29, 0.717) is 24.1 Å². The molecule has 0 bridgehead atoms. The molecule has 0 spiro atoms. The lowest BCUT2D eigenvalue weighted by Gasteiger charge is -2.12. The van der Waals surface area contributed by atoms with Gasteiger partial charge in [-0.2, -0.15) is 0 Å². The Morgan fingerprint density at radius 1 is 0.938 bits per heavy atom. The van der Waals surface area contributed by atoms with Gasteiger partial charge in [0, 0.05) is 41.2 Å². The summed E-state index contributed by atoms with van der Waals surface area (Å²) >= 11 is 0. The Labute approximate surface area is 187 Å². The number of methoxy groups -OCH3 is 1. The zero-order valence-electron chi connectivity index (χ0n) is 18.3. The Bertz CT molecular complexity index is 1300. The minimum absolute atomic E-state index is 0.0146. The third kappa shape index (κ3) is 4.26. The number of fused-ring (bicyclic) bond motifs is 1. The average molecular weight is 424 g/mol. The molecule has 0 aliphatic carbocycles. The molecule has 0 atom stereocenters. The van der Waals surface area contributed by atoms with Gasteiger partial charge >= 0.3 is 5.97 Å². The average Bonchev–Trinajstić information content (AvgIpc) is 3.18. The molecule has 0 N–H and O–H groups in total. The van der Waals surface area contributed by atoms with Crippen molar-refractivity contribution in [3.8, 4) is 11.1 Å². The molecule has 3 aromatic carbocycles. The molecule has 0 saturated heterocycles. The smallest absolute Gasteiger partial charge is 0.333 e. The fraction of sp³-hybridized carbons (Fsp3) is 0.143. The standard InChI is InChI=1S/C28H25NO3/c1-19(28(31)32-3)14-24-15-23(22-12-8-5-9-13-22)16-26-27(24)25(20(2)30)18-29(26)17-21-10-6-4-7-11-21/h4-13,15-16,18H,1,14,17H2,2-3H3. The first-order valence-corrected chi connectivity index (χ1v) is 10.5. The van der Waals surface area contributed by atoms with E-state index in [-0.39, 0.29) is 5.78 Å². The Morgan fingerprint density at radius 2 is 1.59 bits per heavy atom. The molecule has 0 aliphatic rings. The molecule has 1 heterocycles. The maximum absolute atomic E-state index is 12.6. The second-order valence-corrected chi connectivity index (χ2v) is 7.88. The lowest BCUT2D eigenvalue weighted by atomic mass is 9.94. The zero-order chi connectivity index (χ0) is 22.7. The number of rotatable bonds is 7. The molecular weight excluding hydrogens is 398 g/mol. The molecule has 4 nitrogen and oxygen atoms in total. The summed E-state index contributed by atoms with van der Waals surface area (Å²) in [4.78, 5) is 24.7. The molecular formula is C28H25NO3. The van der Waals surface area contributed by atoms with Crippen molar-refractivity contribution < 1.29 is 14.3 Å². The van der Waals surface area contributed by atoms with E-state index in [1.54, 1.807) is 6.92 Å². The quantitative estimate of drug-likeness (QED) is 0.213. The maximum Gasteiger partial charge on any atom is 0.333 e. The number of hydrogen-bond donors (Lipinski definition) is 0. The van der Waals surface area contributed by atoms with Crippen molar-refractivity contribution in [1.82, 2.24) is 4.57 Å². The van der Waals surface area contributed by atoms with Crippen molar-refractivity contribution in [3.63, 3.8) is 0 Å². The highest BCUT2D eigenvalue weighted by molar-refractivity contribution is 6.09. The summed E-state index contributed by atoms with van der Waals surface area (Å²) in [6, 6.07) is 24.4. The van der Waals surface area contributed by atoms with Crippen LogP contribution >= 0.6 is 0 Å². The Morgan fingerprint density at radius 3 is 2.22 bits per heavy atom. The van der Waals surface area contributed by atoms with Crippen molar-refractivity contribution in [1.29, 1.82) is 0 Å². The Hall–Kier alpha value is -3.92. The van der Waals surface area contributed by atoms with E-state index in [2.05, 4.69) is 41.5 Å². The van der Waals surface area contributed by atoms with Crippen LogP contribution in [0.15, 0.2) is 91.1 Å². The minimum atomic E-state index is -0.448. The van der Waals surface area contributed by atoms with Crippen LogP contribution < -0.4 is 0 Å². The van der Waals surface area contributed by atoms with Crippen molar-refractivity contribution in [3.05, 3.63) is 108 Å². The van der Waals surface area contributed by atoms with Gasteiger partial charge in [0.15, 0.2) is 5.78 Å². The molecule has 0 fully saturated rings. The van der Waals surface area contributed by atoms with E-state index in [9.17, 15) is 9.59 Å². The van der Waals surface area contributed by atoms with E-state index in [0.717, 1.165) is 33.2 Å². The van der Waals surface area contributed by atoms with Crippen LogP contribution in [-0.4, -0.2) is 23.4 Å². The number of ketones is 1. The van der Waals surface area contributed by atoms with Crippen LogP contribution in [0.3, 0.4) is 0 Å². The molecule has 1 aromatic heterocycles. The van der Waals surface area contributed by atoms with E-state index in [1.807, 2.05) is 48.7 Å². The lowest BCUT2D eigenvalue weighted by Crippen LogP contribution is -2.07. The first-order valence-electron chi connectivity index (χ1n) is 10.5. The molecule has 160 valence electrons. The second kappa shape index (κ2) is 9.06. The monoisotopic (exact) mass is 423 g/mol. The summed E-state index contributed by atoms with van der Waals surface area (Å²) in [5.41, 5.74) is 6.06. The van der Waals surface area contributed by atoms with Gasteiger partial charge in [-0.05, 0) is 35.2 Å². The molecule has 0 aliphatic heterocycles. The van der Waals surface area contributed by atoms with Gasteiger partial charge in [-0.3, -0.25) is 4.79 Å². The number of hydrogen-bond acceptors (Lipinski definition) is 3. The van der Waals surface area contributed by atoms with Crippen LogP contribution in [0.1, 0.15) is 28.4 Å². The molecule has 0 radical (unpaired) electrons. The van der Waals surface area contributed by atoms with Crippen LogP contribution in [-0.2, 0) is 22.5 Å². The number of Topliss-reactive ketones (excluding diaryl/α,β-unsaturated/α-hetero) is 1. The fourth-order valence-electron chi connectivity index (χ4n) is 4.07. The number of aromatic nitrogens is 1. The molecule has 0 amide bonds. The van der Waals surface area contributed by atoms with E-state index in [1.165, 1.54) is 7.11 Å². The van der Waals surface area contributed by atoms with Crippen LogP contribution in [0.4, 0.5) is 0 Å². The number of carbonyl (C=O) groups excluding carboxylic acids is 2. The summed E-state index contributed by atoms with van der Waals surface area (Å²) in [7, 11) is 1.35. The zero-order valence-corrected chi connectivity index (χ0v) is 18.3. The van der Waals surface area contributed by atoms with Gasteiger partial charge in [-0.25, -0.2) is 4.79 Å². The highest BCUT2D eigenvalue weighted by atomic mass is 16.5. The van der Waals surface area contributed by atoms with Gasteiger partial charge in [-0.1, -0.05) is 73.3 Å². The van der Waals surface area contributed by atoms with E-state index < -0.39 is 5.97 Å². The third-order valence-electron chi connectivity index (χ3n) is 5.62. The number of carbonyl (C=O) groups is 2. The number of ether oxygens (including phenoxy) is 1. The molecule has 0 unspecified atom stereocenters. The number of nitrogens with zero attached hydrogens (tertiary/aromatic N) is 1. The van der Waals surface area contributed by atoms with Crippen molar-refractivity contribution >= 4 is 22.7 Å². The predicted octanol–water partition coefficient (Wildman–Crippen LogP) is 5.83. The van der Waals surface area contributed by atoms with E-state index in [4.69, 9.17) is 4.74 Å². The molecule has 4 aromatic rings. The van der Waals surface area contributed by atoms with Crippen LogP contribution in [0.25, 0.3) is 22.0 Å². The van der Waals surface area contributed by atoms with Crippen molar-refractivity contribution in [2.75, 3.05) is 7.11 Å². The Balaban J connectivity index is 1.95. The van der Waals surface area contributed by atoms with Crippen molar-refractivity contribution in [2.45, 2.75) is 19.9 Å². The van der Waals surface area contributed by atoms with Gasteiger partial charge < -0.3 is 9.30 Å². The summed E-state index contributed by atoms with van der Waals surface area (Å²) in [6.45, 7) is 6.13. The number of benzene rings is 3. The topological polar surface area (TPSA) is 48.3 Å². The van der Waals surface area contributed by atoms with Crippen molar-refractivity contribution in [2.24, 2.45) is 0 Å². The fourth-order valence-corrected chi connectivity index (χ4v) is 4.07. The molecule has 4 rings (SSSR count). The normalized spacial score (nSPS) is 10.8. The summed E-state index contributed by atoms with van der Waals surface area (Å²) in [6.07, 6.45) is 2.22. The number of esters is 1. The predicted molar refractivity (Wildman–Crippen MR) is 128 cm³/mol. The first-order chi connectivity index (χ1) is 15.5. The summed E-state index contributed by atoms with van der Waals surface area (Å²) in [5.74, 6) is -0.462. The molecule has 32 heavy (non-hydrogen) atoms. The van der Waals surface area contributed by atoms with Gasteiger partial charge in [0.1, 0.15) is 0 Å². The van der Waals surface area contributed by atoms with Crippen LogP contribution in [0, 0.1) is 0 Å². The molecule has 4 heteroatoms. The van der Waals surface area contributed by atoms with Gasteiger partial charge in [0.05, 0.1) is 7.11 Å². The lowest BCUT2D eigenvalue weighted by molar-refractivity contribution is -0.136. The van der Waals surface area contributed by atoms with Crippen LogP contribution in [0.2, 0.25) is 0 Å². The largest absolute Gasteiger partial charge is 0.466 e. The van der Waals surface area contributed by atoms with Gasteiger partial charge in [-0.15, -0.1) is 0 Å². The molecule has 0 saturated carbocycles. The first kappa shape index (κ1) is 21.3. The van der Waals surface area contributed by atoms with Gasteiger partial charge in [0.25, 0.3) is 0 Å². The summed E-state index contributed by atoms with van der Waals surface area (Å²) < 4.78 is 6.97. The maximum atomic E-state index is 12.6. The summed E-state index contributed by atoms with van der Waals surface area (Å²) in [5, 5.41) is 0.859. The third-order valence-corrected chi connectivity index (χ3v) is 5.62. The SMILES string of the molecule is C=C(Cc1cc(-c2ccccc2)cc2c1c(C(C)=O)cn2Cc1ccccc1)C(=O)OC. The van der Waals surface area contributed by atoms with Gasteiger partial charge in [0.2, 0.25) is 0 Å². The second-order valence-electron chi connectivity index (χ2n) is 7.88. The highest BCUT2D eigenvalue weighted by Gasteiger charge is 2.19. The Kier molecular flexibility index (Phi) is 6.04. The van der Waals surface area contributed by atoms with E-state index >= 15 is 0 Å². The minimum Gasteiger partial charge on any atom is -0.466 e.